The Bertz CT molecular complexity index is 1210. The van der Waals surface area contributed by atoms with E-state index >= 15 is 0 Å². The number of nitrogens with one attached hydrogen (secondary N) is 2. The molecule has 2 aromatic rings. The Balaban J connectivity index is 1.32. The number of para-hydroxylation sites is 1. The summed E-state index contributed by atoms with van der Waals surface area (Å²) in [5.74, 6) is -1.79. The van der Waals surface area contributed by atoms with Gasteiger partial charge in [-0.25, -0.2) is 9.59 Å². The van der Waals surface area contributed by atoms with E-state index in [1.807, 2.05) is 7.05 Å². The van der Waals surface area contributed by atoms with Gasteiger partial charge in [0.1, 0.15) is 11.8 Å². The maximum Gasteiger partial charge on any atom is 0.326 e. The molecule has 2 aliphatic rings. The van der Waals surface area contributed by atoms with Crippen LogP contribution in [0.3, 0.4) is 0 Å². The van der Waals surface area contributed by atoms with Crippen LogP contribution in [0, 0.1) is 5.92 Å². The van der Waals surface area contributed by atoms with Gasteiger partial charge in [-0.1, -0.05) is 24.3 Å². The number of piperidine rings is 1. The Morgan fingerprint density at radius 1 is 0.975 bits per heavy atom. The third kappa shape index (κ3) is 7.29. The fourth-order valence-electron chi connectivity index (χ4n) is 5.03. The van der Waals surface area contributed by atoms with Crippen molar-refractivity contribution >= 4 is 29.5 Å². The number of amides is 4. The summed E-state index contributed by atoms with van der Waals surface area (Å²) in [7, 11) is 3.53. The Labute approximate surface area is 234 Å². The van der Waals surface area contributed by atoms with Crippen LogP contribution in [0.25, 0.3) is 0 Å². The number of anilines is 1. The van der Waals surface area contributed by atoms with Crippen LogP contribution < -0.4 is 15.4 Å². The van der Waals surface area contributed by atoms with Crippen molar-refractivity contribution in [3.63, 3.8) is 0 Å². The number of likely N-dealkylation sites (tertiary alicyclic amines) is 1. The average molecular weight is 552 g/mol. The Hall–Kier alpha value is -4.12. The zero-order valence-electron chi connectivity index (χ0n) is 23.0. The van der Waals surface area contributed by atoms with Crippen LogP contribution in [0.4, 0.5) is 10.5 Å². The largest absolute Gasteiger partial charge is 0.496 e. The van der Waals surface area contributed by atoms with Crippen LogP contribution >= 0.6 is 0 Å². The van der Waals surface area contributed by atoms with Crippen molar-refractivity contribution in [1.29, 1.82) is 0 Å². The summed E-state index contributed by atoms with van der Waals surface area (Å²) < 4.78 is 5.31. The highest BCUT2D eigenvalue weighted by molar-refractivity contribution is 5.97. The van der Waals surface area contributed by atoms with E-state index in [0.29, 0.717) is 55.0 Å². The van der Waals surface area contributed by atoms with Gasteiger partial charge in [0.15, 0.2) is 0 Å². The molecule has 3 N–H and O–H groups in total. The number of hydrogen-bond donors (Lipinski definition) is 3. The number of carbonyl (C=O) groups is 4. The zero-order chi connectivity index (χ0) is 28.6. The van der Waals surface area contributed by atoms with Crippen molar-refractivity contribution in [2.24, 2.45) is 5.92 Å². The minimum absolute atomic E-state index is 0.0876. The summed E-state index contributed by atoms with van der Waals surface area (Å²) in [5.41, 5.74) is 1.75. The van der Waals surface area contributed by atoms with Crippen molar-refractivity contribution in [2.45, 2.75) is 25.3 Å². The van der Waals surface area contributed by atoms with E-state index in [0.717, 1.165) is 13.1 Å². The lowest BCUT2D eigenvalue weighted by Gasteiger charge is -2.33. The molecular weight excluding hydrogens is 514 g/mol. The number of likely N-dealkylation sites (N-methyl/N-ethyl adjacent to an activating group) is 1. The molecule has 4 rings (SSSR count). The van der Waals surface area contributed by atoms with Gasteiger partial charge in [0, 0.05) is 51.4 Å². The fraction of sp³-hybridized carbons (Fsp3) is 0.448. The normalized spacial score (nSPS) is 18.5. The molecule has 0 radical (unpaired) electrons. The molecule has 0 spiro atoms. The van der Waals surface area contributed by atoms with Crippen LogP contribution in [0.5, 0.6) is 5.75 Å². The number of aliphatic carboxylic acids is 1. The van der Waals surface area contributed by atoms with Crippen LogP contribution in [-0.2, 0) is 16.0 Å². The molecule has 214 valence electrons. The van der Waals surface area contributed by atoms with Gasteiger partial charge < -0.3 is 35.2 Å². The van der Waals surface area contributed by atoms with Crippen LogP contribution in [0.15, 0.2) is 48.5 Å². The molecule has 0 aliphatic carbocycles. The van der Waals surface area contributed by atoms with Crippen LogP contribution in [0.2, 0.25) is 0 Å². The first kappa shape index (κ1) is 28.9. The second-order valence-electron chi connectivity index (χ2n) is 10.3. The van der Waals surface area contributed by atoms with Gasteiger partial charge in [-0.15, -0.1) is 0 Å². The average Bonchev–Trinajstić information content (AvgIpc) is 2.97. The highest BCUT2D eigenvalue weighted by atomic mass is 16.5. The third-order valence-electron chi connectivity index (χ3n) is 7.47. The summed E-state index contributed by atoms with van der Waals surface area (Å²) in [4.78, 5) is 56.3. The molecular formula is C29H37N5O6. The molecule has 2 aliphatic heterocycles. The van der Waals surface area contributed by atoms with Crippen LogP contribution in [-0.4, -0.2) is 103 Å². The van der Waals surface area contributed by atoms with Gasteiger partial charge in [0.25, 0.3) is 5.91 Å². The molecule has 0 aromatic heterocycles. The molecule has 1 unspecified atom stereocenters. The Morgan fingerprint density at radius 3 is 2.35 bits per heavy atom. The minimum Gasteiger partial charge on any atom is -0.496 e. The standard InChI is InChI=1S/C29H37N5O6/c1-32-14-16-33(17-15-32)29(39)30-22-11-9-20(10-12-22)18-24(28(37)38)31-26(35)21-6-5-13-34(19-21)27(36)23-7-3-4-8-25(23)40-2/h3-4,7-12,21,24H,5-6,13-19H2,1-2H3,(H,30,39)(H,31,35)(H,37,38)/t21?,24-/m0/s1. The number of carboxylic acids is 1. The zero-order valence-corrected chi connectivity index (χ0v) is 23.0. The molecule has 2 saturated heterocycles. The lowest BCUT2D eigenvalue weighted by Crippen LogP contribution is -2.50. The van der Waals surface area contributed by atoms with Crippen molar-refractivity contribution in [2.75, 3.05) is 58.7 Å². The van der Waals surface area contributed by atoms with E-state index in [1.165, 1.54) is 7.11 Å². The number of urea groups is 1. The summed E-state index contributed by atoms with van der Waals surface area (Å²) in [6.45, 7) is 3.69. The number of carboxylic acid groups (broad SMARTS) is 1. The summed E-state index contributed by atoms with van der Waals surface area (Å²) in [6, 6.07) is 12.6. The van der Waals surface area contributed by atoms with Gasteiger partial charge >= 0.3 is 12.0 Å². The first-order chi connectivity index (χ1) is 19.2. The quantitative estimate of drug-likeness (QED) is 0.458. The first-order valence-corrected chi connectivity index (χ1v) is 13.5. The molecule has 11 nitrogen and oxygen atoms in total. The van der Waals surface area contributed by atoms with E-state index in [2.05, 4.69) is 15.5 Å². The van der Waals surface area contributed by atoms with E-state index in [9.17, 15) is 24.3 Å². The van der Waals surface area contributed by atoms with E-state index in [4.69, 9.17) is 4.74 Å². The van der Waals surface area contributed by atoms with Crippen molar-refractivity contribution in [1.82, 2.24) is 20.0 Å². The number of rotatable bonds is 8. The summed E-state index contributed by atoms with van der Waals surface area (Å²) in [5, 5.41) is 15.4. The van der Waals surface area contributed by atoms with E-state index < -0.39 is 17.9 Å². The number of nitrogens with zero attached hydrogens (tertiary/aromatic N) is 3. The summed E-state index contributed by atoms with van der Waals surface area (Å²) in [6.07, 6.45) is 1.29. The Kier molecular flexibility index (Phi) is 9.60. The number of piperazine rings is 1. The smallest absolute Gasteiger partial charge is 0.326 e. The predicted molar refractivity (Wildman–Crippen MR) is 149 cm³/mol. The molecule has 0 saturated carbocycles. The predicted octanol–water partition coefficient (Wildman–Crippen LogP) is 2.14. The first-order valence-electron chi connectivity index (χ1n) is 13.5. The maximum absolute atomic E-state index is 13.1. The molecule has 11 heteroatoms. The highest BCUT2D eigenvalue weighted by Gasteiger charge is 2.32. The number of methoxy groups -OCH3 is 1. The van der Waals surface area contributed by atoms with E-state index in [1.54, 1.807) is 58.3 Å². The lowest BCUT2D eigenvalue weighted by molar-refractivity contribution is -0.142. The second-order valence-corrected chi connectivity index (χ2v) is 10.3. The van der Waals surface area contributed by atoms with Crippen molar-refractivity contribution in [3.8, 4) is 5.75 Å². The number of carbonyl (C=O) groups excluding carboxylic acids is 3. The number of ether oxygens (including phenoxy) is 1. The van der Waals surface area contributed by atoms with Gasteiger partial charge in [-0.3, -0.25) is 9.59 Å². The van der Waals surface area contributed by atoms with E-state index in [-0.39, 0.29) is 30.8 Å². The monoisotopic (exact) mass is 551 g/mol. The molecule has 2 atom stereocenters. The molecule has 4 amide bonds. The van der Waals surface area contributed by atoms with Crippen LogP contribution in [0.1, 0.15) is 28.8 Å². The number of hydrogen-bond acceptors (Lipinski definition) is 6. The fourth-order valence-corrected chi connectivity index (χ4v) is 5.03. The highest BCUT2D eigenvalue weighted by Crippen LogP contribution is 2.24. The SMILES string of the molecule is COc1ccccc1C(=O)N1CCCC(C(=O)N[C@@H](Cc2ccc(NC(=O)N3CCN(C)CC3)cc2)C(=O)O)C1. The summed E-state index contributed by atoms with van der Waals surface area (Å²) >= 11 is 0. The Morgan fingerprint density at radius 2 is 1.68 bits per heavy atom. The maximum atomic E-state index is 13.1. The van der Waals surface area contributed by atoms with Gasteiger partial charge in [0.05, 0.1) is 18.6 Å². The molecule has 2 aromatic carbocycles. The second kappa shape index (κ2) is 13.3. The number of benzene rings is 2. The molecule has 2 heterocycles. The topological polar surface area (TPSA) is 132 Å². The molecule has 0 bridgehead atoms. The third-order valence-corrected chi connectivity index (χ3v) is 7.47. The van der Waals surface area contributed by atoms with Crippen molar-refractivity contribution in [3.05, 3.63) is 59.7 Å². The van der Waals surface area contributed by atoms with Gasteiger partial charge in [0.2, 0.25) is 5.91 Å². The lowest BCUT2D eigenvalue weighted by atomic mass is 9.95. The minimum atomic E-state index is -1.14. The molecule has 2 fully saturated rings. The van der Waals surface area contributed by atoms with Gasteiger partial charge in [-0.2, -0.15) is 0 Å². The van der Waals surface area contributed by atoms with Gasteiger partial charge in [-0.05, 0) is 49.7 Å². The molecule has 40 heavy (non-hydrogen) atoms. The van der Waals surface area contributed by atoms with Crippen molar-refractivity contribution < 1.29 is 29.0 Å².